The molecule has 2 aliphatic heterocycles. The molecule has 14 N–H and O–H groups in total. The molecule has 2 unspecified atom stereocenters. The number of halogens is 6. The van der Waals surface area contributed by atoms with Crippen molar-refractivity contribution in [3.63, 3.8) is 0 Å². The number of ketones is 2. The Bertz CT molecular complexity index is 4450. The molecule has 8 heterocycles. The molecule has 10 rings (SSSR count). The van der Waals surface area contributed by atoms with Crippen LogP contribution in [0.4, 0.5) is 48.2 Å². The van der Waals surface area contributed by atoms with Crippen molar-refractivity contribution in [1.82, 2.24) is 71.3 Å². The van der Waals surface area contributed by atoms with Crippen LogP contribution >= 0.6 is 22.7 Å². The zero-order chi connectivity index (χ0) is 78.3. The van der Waals surface area contributed by atoms with Crippen LogP contribution in [0.2, 0.25) is 0 Å². The monoisotopic (exact) mass is 1580 g/mol. The van der Waals surface area contributed by atoms with Gasteiger partial charge in [0.25, 0.3) is 11.8 Å². The summed E-state index contributed by atoms with van der Waals surface area (Å²) in [5.41, 5.74) is 19.9. The molecular weight excluding hydrogens is 1520 g/mol. The second-order valence-corrected chi connectivity index (χ2v) is 26.2. The van der Waals surface area contributed by atoms with Crippen LogP contribution in [0.25, 0.3) is 21.5 Å². The Kier molecular flexibility index (Phi) is 26.8. The molecular formula is C54H58F6N22O20S4-2. The number of nitrogen functional groups attached to an aromatic ring is 2. The topological polar surface area (TPSA) is 632 Å². The van der Waals surface area contributed by atoms with Crippen LogP contribution in [0.3, 0.4) is 0 Å². The van der Waals surface area contributed by atoms with Crippen LogP contribution in [-0.2, 0) is 67.8 Å². The number of carboxylic acids is 2. The number of ether oxygens (including phenoxy) is 2. The van der Waals surface area contributed by atoms with E-state index in [-0.39, 0.29) is 57.9 Å². The van der Waals surface area contributed by atoms with E-state index in [1.165, 1.54) is 38.5 Å². The first kappa shape index (κ1) is 82.1. The molecule has 6 aromatic heterocycles. The third kappa shape index (κ3) is 22.0. The fraction of sp³-hybridized carbons (Fsp3) is 0.370. The van der Waals surface area contributed by atoms with Crippen molar-refractivity contribution in [3.05, 3.63) is 94.7 Å². The van der Waals surface area contributed by atoms with Gasteiger partial charge in [0.05, 0.1) is 22.9 Å². The molecule has 42 nitrogen and oxygen atoms in total. The summed E-state index contributed by atoms with van der Waals surface area (Å²) >= 11 is 2.10. The smallest absolute Gasteiger partial charge is 0.430 e. The largest absolute Gasteiger partial charge is 0.542 e. The summed E-state index contributed by atoms with van der Waals surface area (Å²) in [5.74, 6) is -8.59. The number of pyridine rings is 2. The van der Waals surface area contributed by atoms with Crippen molar-refractivity contribution < 1.29 is 119 Å². The maximum atomic E-state index is 13.5. The molecule has 0 saturated carbocycles. The number of tetrazole rings is 2. The molecule has 2 aromatic carbocycles. The highest BCUT2D eigenvalue weighted by molar-refractivity contribution is 7.81. The highest BCUT2D eigenvalue weighted by Gasteiger charge is 2.59. The second-order valence-electron chi connectivity index (χ2n) is 22.4. The number of Topliss-reactive ketones (excluding diaryl/α,β-unsaturated/α-hetero) is 2. The highest BCUT2D eigenvalue weighted by atomic mass is 32.3. The van der Waals surface area contributed by atoms with Gasteiger partial charge in [-0.15, -0.1) is 51.6 Å². The third-order valence-corrected chi connectivity index (χ3v) is 16.4. The number of aromatic nitrogens is 12. The van der Waals surface area contributed by atoms with E-state index in [1.54, 1.807) is 36.7 Å². The van der Waals surface area contributed by atoms with Gasteiger partial charge in [0.15, 0.2) is 33.3 Å². The van der Waals surface area contributed by atoms with Crippen LogP contribution in [-0.4, -0.2) is 207 Å². The van der Waals surface area contributed by atoms with Gasteiger partial charge in [-0.25, -0.2) is 19.9 Å². The van der Waals surface area contributed by atoms with Gasteiger partial charge in [0.1, 0.15) is 59.7 Å². The number of hydrogen-bond acceptors (Lipinski definition) is 38. The lowest BCUT2D eigenvalue weighted by atomic mass is 9.74. The lowest BCUT2D eigenvalue weighted by molar-refractivity contribution is -0.344. The molecule has 0 spiro atoms. The van der Waals surface area contributed by atoms with Crippen molar-refractivity contribution in [1.29, 1.82) is 0 Å². The molecule has 2 amide bonds. The number of hydroxylamine groups is 4. The lowest BCUT2D eigenvalue weighted by Gasteiger charge is -2.50. The number of nitrogens with zero attached hydrogens (tertiary/aromatic N) is 14. The van der Waals surface area contributed by atoms with Crippen LogP contribution < -0.4 is 53.3 Å². The van der Waals surface area contributed by atoms with E-state index in [0.29, 0.717) is 59.4 Å². The molecule has 52 heteroatoms. The van der Waals surface area contributed by atoms with Gasteiger partial charge < -0.3 is 72.5 Å². The first-order chi connectivity index (χ1) is 49.6. The number of anilines is 4. The van der Waals surface area contributed by atoms with Crippen molar-refractivity contribution in [2.45, 2.75) is 76.2 Å². The number of benzene rings is 2. The van der Waals surface area contributed by atoms with E-state index in [0.717, 1.165) is 44.2 Å². The number of alkyl halides is 6. The Balaban J connectivity index is 0.000000250. The zero-order valence-corrected chi connectivity index (χ0v) is 57.9. The number of fused-ring (bicyclic) bond motifs is 2. The molecule has 2 saturated heterocycles. The van der Waals surface area contributed by atoms with Crippen molar-refractivity contribution >= 4 is 134 Å². The average molecular weight is 1580 g/mol. The van der Waals surface area contributed by atoms with E-state index < -0.39 is 116 Å². The number of amides is 2. The standard InChI is InChI=1S/2C25H29N11O8S2.2C2HF3O2/c2*1-25(2)16(23(38)36(25)44-46(39,40)41)10-18(37)20(17-12-45-24(27)30-17)33-43-19(22-31-34-35-32-22)11-42-14-3-4-15-13(9-14)5-7-28-21(15)29-8-6-26;2*3-2(4,5)1(6)7/h2*3-5,7,9,12,16,19H,6,8,10-11,26H2,1-2H3,(H2,27,30)(H,28,29)(H,39,40,41)(H,31,32,34,35);2*(H,6,7)/p-2/b2*33-20-;;/t2*16-,19?;;/m11../s1. The van der Waals surface area contributed by atoms with Crippen molar-refractivity contribution in [2.24, 2.45) is 33.6 Å². The Morgan fingerprint density at radius 1 is 0.642 bits per heavy atom. The number of aromatic amines is 2. The number of oxime groups is 2. The van der Waals surface area contributed by atoms with Crippen LogP contribution in [0.15, 0.2) is 82.0 Å². The molecule has 2 aliphatic rings. The highest BCUT2D eigenvalue weighted by Crippen LogP contribution is 2.42. The number of carbonyl (C=O) groups is 6. The summed E-state index contributed by atoms with van der Waals surface area (Å²) < 4.78 is 146. The number of hydrogen-bond donors (Lipinski definition) is 10. The SMILES string of the molecule is CC1(C)[C@H](CC(=O)/C(=N\OC(COc2ccc3c(NCCN)nccc3c2)c2nn[nH]n2)c2csc(N)n2)C(=O)N1OS(=O)(=O)O.CC1(C)[C@H](CC(=O)/C(=N\OC(COc2ccc3c(NCCN)nccc3c2)c2nn[nH]n2)c2csc(N)n2)C(=O)N1OS(=O)(=O)O.O=C([O-])C(F)(F)F.O=C([O-])C(F)(F)F. The predicted octanol–water partition coefficient (Wildman–Crippen LogP) is -0.145. The summed E-state index contributed by atoms with van der Waals surface area (Å²) in [7, 11) is -9.93. The maximum Gasteiger partial charge on any atom is 0.430 e. The van der Waals surface area contributed by atoms with Crippen molar-refractivity contribution in [2.75, 3.05) is 61.5 Å². The summed E-state index contributed by atoms with van der Waals surface area (Å²) in [4.78, 5) is 98.3. The Morgan fingerprint density at radius 2 is 1.00 bits per heavy atom. The number of H-pyrrole nitrogens is 2. The number of nitrogens with two attached hydrogens (primary N) is 4. The molecule has 0 bridgehead atoms. The summed E-state index contributed by atoms with van der Waals surface area (Å²) in [5, 5.41) is 67.3. The van der Waals surface area contributed by atoms with Gasteiger partial charge in [0.2, 0.25) is 23.9 Å². The molecule has 8 aromatic rings. The van der Waals surface area contributed by atoms with E-state index >= 15 is 0 Å². The summed E-state index contributed by atoms with van der Waals surface area (Å²) in [6, 6.07) is 14.4. The fourth-order valence-corrected chi connectivity index (χ4v) is 11.2. The summed E-state index contributed by atoms with van der Waals surface area (Å²) in [6.45, 7) is 7.57. The first-order valence-electron chi connectivity index (χ1n) is 29.6. The third-order valence-electron chi connectivity index (χ3n) is 14.4. The second kappa shape index (κ2) is 34.6. The van der Waals surface area contributed by atoms with Gasteiger partial charge in [0, 0.05) is 72.9 Å². The number of β-lactam (4-membered cyclic amide) rings is 2. The Hall–Kier alpha value is -11.1. The van der Waals surface area contributed by atoms with E-state index in [9.17, 15) is 62.4 Å². The lowest BCUT2D eigenvalue weighted by Crippen LogP contribution is -2.68. The van der Waals surface area contributed by atoms with Gasteiger partial charge in [-0.2, -0.15) is 63.7 Å². The normalized spacial score (nSPS) is 16.3. The number of rotatable bonds is 30. The van der Waals surface area contributed by atoms with Gasteiger partial charge in [-0.1, -0.05) is 20.7 Å². The van der Waals surface area contributed by atoms with Crippen molar-refractivity contribution in [3.8, 4) is 11.5 Å². The number of thiazole rings is 2. The van der Waals surface area contributed by atoms with E-state index in [1.807, 2.05) is 24.3 Å². The minimum absolute atomic E-state index is 0.0694. The molecule has 0 radical (unpaired) electrons. The molecule has 0 aliphatic carbocycles. The molecule has 4 atom stereocenters. The minimum atomic E-state index is -5.19. The Morgan fingerprint density at radius 3 is 1.28 bits per heavy atom. The predicted molar refractivity (Wildman–Crippen MR) is 347 cm³/mol. The van der Waals surface area contributed by atoms with E-state index in [4.69, 9.17) is 71.0 Å². The fourth-order valence-electron chi connectivity index (χ4n) is 9.22. The van der Waals surface area contributed by atoms with Gasteiger partial charge >= 0.3 is 33.2 Å². The summed E-state index contributed by atoms with van der Waals surface area (Å²) in [6.07, 6.45) is -10.0. The number of nitrogens with one attached hydrogen (secondary N) is 4. The van der Waals surface area contributed by atoms with Crippen LogP contribution in [0, 0.1) is 11.8 Å². The van der Waals surface area contributed by atoms with Gasteiger partial charge in [-0.3, -0.25) is 28.3 Å². The quantitative estimate of drug-likeness (QED) is 0.00920. The average Bonchev–Trinajstić information content (AvgIpc) is 1.36. The van der Waals surface area contributed by atoms with E-state index in [2.05, 4.69) is 90.7 Å². The molecule has 572 valence electrons. The Labute approximate surface area is 599 Å². The number of carbonyl (C=O) groups excluding carboxylic acids is 6. The van der Waals surface area contributed by atoms with Gasteiger partial charge in [-0.05, 0) is 87.0 Å². The maximum absolute atomic E-state index is 13.5. The molecule has 106 heavy (non-hydrogen) atoms. The first-order valence-corrected chi connectivity index (χ1v) is 34.0. The molecule has 2 fully saturated rings. The number of aliphatic carboxylic acids is 2. The number of carboxylic acid groups (broad SMARTS) is 2. The van der Waals surface area contributed by atoms with Crippen LogP contribution in [0.1, 0.15) is 75.8 Å². The minimum Gasteiger partial charge on any atom is -0.542 e. The zero-order valence-electron chi connectivity index (χ0n) is 54.6. The van der Waals surface area contributed by atoms with Crippen LogP contribution in [0.5, 0.6) is 11.5 Å².